The van der Waals surface area contributed by atoms with Crippen molar-refractivity contribution in [3.63, 3.8) is 0 Å². The van der Waals surface area contributed by atoms with Gasteiger partial charge in [-0.3, -0.25) is 9.79 Å². The molecule has 2 atom stereocenters. The van der Waals surface area contributed by atoms with Crippen molar-refractivity contribution < 1.29 is 75.0 Å². The van der Waals surface area contributed by atoms with Crippen molar-refractivity contribution in [1.29, 1.82) is 10.5 Å². The monoisotopic (exact) mass is 1130 g/mol. The molecule has 49 heavy (non-hydrogen) atoms. The van der Waals surface area contributed by atoms with E-state index >= 15 is 0 Å². The first kappa shape index (κ1) is 63.6. The summed E-state index contributed by atoms with van der Waals surface area (Å²) >= 11 is 13.2. The first-order valence-electron chi connectivity index (χ1n) is 12.2. The number of amidine groups is 1. The maximum absolute atomic E-state index is 12.1. The van der Waals surface area contributed by atoms with Crippen LogP contribution in [0.3, 0.4) is 0 Å². The number of nitrogens with zero attached hydrogens (tertiary/aromatic N) is 4. The SMILES string of the molecule is C.C.C.CN.CN=C(C)NC(=S)NC.CNc1nc(C)c(C(=O)NC(C#N)c2cccs2)s1.II.[CH2-]C(=O)NC(C#N)c1cccs1.[Y].[Y]. The van der Waals surface area contributed by atoms with Crippen LogP contribution in [0.25, 0.3) is 0 Å². The molecule has 0 fully saturated rings. The minimum absolute atomic E-state index is 0. The van der Waals surface area contributed by atoms with Gasteiger partial charge in [0.05, 0.1) is 29.6 Å². The molecule has 0 aliphatic heterocycles. The summed E-state index contributed by atoms with van der Waals surface area (Å²) in [6, 6.07) is 10.2. The van der Waals surface area contributed by atoms with Gasteiger partial charge in [-0.1, -0.05) is 45.7 Å². The van der Waals surface area contributed by atoms with Crippen LogP contribution in [0.2, 0.25) is 0 Å². The maximum atomic E-state index is 12.1. The van der Waals surface area contributed by atoms with Crippen LogP contribution in [0, 0.1) is 36.5 Å². The van der Waals surface area contributed by atoms with Gasteiger partial charge in [-0.2, -0.15) is 10.5 Å². The van der Waals surface area contributed by atoms with Crippen LogP contribution in [-0.2, 0) is 70.2 Å². The van der Waals surface area contributed by atoms with E-state index in [-0.39, 0.29) is 93.6 Å². The molecule has 3 rings (SSSR count). The van der Waals surface area contributed by atoms with Gasteiger partial charge in [0.25, 0.3) is 5.91 Å². The molecule has 2 unspecified atom stereocenters. The molecule has 0 spiro atoms. The van der Waals surface area contributed by atoms with Crippen molar-refractivity contribution >= 4 is 111 Å². The number of thiazole rings is 1. The van der Waals surface area contributed by atoms with Crippen molar-refractivity contribution in [2.24, 2.45) is 10.7 Å². The summed E-state index contributed by atoms with van der Waals surface area (Å²) in [5.74, 6) is 0.112. The fraction of sp³-hybridized carbons (Fsp3) is 0.379. The second kappa shape index (κ2) is 40.4. The van der Waals surface area contributed by atoms with E-state index in [0.29, 0.717) is 20.8 Å². The molecule has 0 saturated heterocycles. The Bertz CT molecular complexity index is 1370. The van der Waals surface area contributed by atoms with Crippen molar-refractivity contribution in [2.75, 3.05) is 33.5 Å². The van der Waals surface area contributed by atoms with Crippen LogP contribution < -0.4 is 32.3 Å². The van der Waals surface area contributed by atoms with E-state index < -0.39 is 18.0 Å². The number of nitriles is 2. The van der Waals surface area contributed by atoms with Crippen molar-refractivity contribution in [3.8, 4) is 12.1 Å². The van der Waals surface area contributed by atoms with Crippen molar-refractivity contribution in [3.05, 3.63) is 62.3 Å². The third kappa shape index (κ3) is 27.9. The van der Waals surface area contributed by atoms with Crippen LogP contribution in [0.5, 0.6) is 0 Å². The van der Waals surface area contributed by atoms with Gasteiger partial charge in [0.1, 0.15) is 10.9 Å². The Balaban J connectivity index is -0.000000104. The van der Waals surface area contributed by atoms with E-state index in [2.05, 4.69) is 92.5 Å². The van der Waals surface area contributed by atoms with Gasteiger partial charge < -0.3 is 44.0 Å². The average molecular weight is 1130 g/mol. The molecule has 12 nitrogen and oxygen atoms in total. The Morgan fingerprint density at radius 2 is 1.45 bits per heavy atom. The molecule has 0 bridgehead atoms. The van der Waals surface area contributed by atoms with Gasteiger partial charge in [-0.05, 0) is 56.0 Å². The van der Waals surface area contributed by atoms with Gasteiger partial charge in [0.15, 0.2) is 16.3 Å². The summed E-state index contributed by atoms with van der Waals surface area (Å²) in [6.07, 6.45) is 0. The predicted molar refractivity (Wildman–Crippen MR) is 225 cm³/mol. The normalized spacial score (nSPS) is 9.57. The Kier molecular flexibility index (Phi) is 52.4. The Morgan fingerprint density at radius 3 is 1.76 bits per heavy atom. The molecule has 2 radical (unpaired) electrons. The number of amides is 2. The molecule has 0 aliphatic rings. The summed E-state index contributed by atoms with van der Waals surface area (Å²) in [4.78, 5) is 32.9. The van der Waals surface area contributed by atoms with E-state index in [1.165, 1.54) is 41.1 Å². The van der Waals surface area contributed by atoms with Crippen molar-refractivity contribution in [2.45, 2.75) is 48.2 Å². The minimum atomic E-state index is -0.618. The number of nitrogens with two attached hydrogens (primary N) is 1. The number of rotatable bonds is 6. The molecule has 7 N–H and O–H groups in total. The number of thiocarbonyl (C=S) groups is 1. The third-order valence-corrected chi connectivity index (χ3v) is 7.92. The van der Waals surface area contributed by atoms with Gasteiger partial charge in [0.2, 0.25) is 0 Å². The number of halogens is 2. The number of carbonyl (C=O) groups is 2. The number of aromatic nitrogens is 1. The fourth-order valence-electron chi connectivity index (χ4n) is 2.60. The summed E-state index contributed by atoms with van der Waals surface area (Å²) in [5, 5.41) is 36.5. The Hall–Kier alpha value is -0.392. The van der Waals surface area contributed by atoms with Crippen LogP contribution in [-0.4, -0.2) is 55.9 Å². The van der Waals surface area contributed by atoms with Gasteiger partial charge in [-0.25, -0.2) is 4.98 Å². The Labute approximate surface area is 384 Å². The molecule has 3 aromatic heterocycles. The smallest absolute Gasteiger partial charge is 0.264 e. The summed E-state index contributed by atoms with van der Waals surface area (Å²) in [7, 11) is 6.72. The molecular weight excluding hydrogens is 1080 g/mol. The standard InChI is InChI=1S/C12H12N4OS2.C8H7N2OS.C5H11N3S.CH5N.3CH4.I2.2Y/c1-7-10(19-12(14-2)15-7)11(17)16-8(6-13)9-4-3-5-18-9;1-6(11)10-7(5-9)8-3-2-4-12-8;1-4(6-2)8-5(9)7-3;1-2;;;;1-2;;/h3-5,8H,1-2H3,(H,14,15)(H,16,17);2-4,7H,1H2,(H,10,11);1-3H3,(H2,6,7,8,9);2H2,1H3;3*1H4;;;/q;-1;;;;;;;;. The van der Waals surface area contributed by atoms with Crippen molar-refractivity contribution in [1.82, 2.24) is 26.3 Å². The van der Waals surface area contributed by atoms with E-state index in [4.69, 9.17) is 22.7 Å². The van der Waals surface area contributed by atoms with E-state index in [1.54, 1.807) is 34.1 Å². The molecule has 20 heteroatoms. The number of nitrogens with one attached hydrogen (secondary N) is 5. The summed E-state index contributed by atoms with van der Waals surface area (Å²) in [5.41, 5.74) is 5.16. The van der Waals surface area contributed by atoms with Crippen LogP contribution in [0.4, 0.5) is 5.13 Å². The molecule has 270 valence electrons. The van der Waals surface area contributed by atoms with E-state index in [0.717, 1.165) is 15.6 Å². The molecule has 3 heterocycles. The zero-order valence-electron chi connectivity index (χ0n) is 26.1. The minimum Gasteiger partial charge on any atom is -0.365 e. The zero-order valence-corrected chi connectivity index (χ0v) is 39.3. The van der Waals surface area contributed by atoms with E-state index in [9.17, 15) is 9.59 Å². The number of hydrogen-bond acceptors (Lipinski definition) is 12. The molecule has 0 saturated carbocycles. The second-order valence-corrected chi connectivity index (χ2v) is 10.8. The maximum Gasteiger partial charge on any atom is 0.264 e. The topological polar surface area (TPSA) is 193 Å². The van der Waals surface area contributed by atoms with Crippen LogP contribution in [0.1, 0.15) is 66.4 Å². The molecular formula is C29H47I2N10O2S4Y2-. The zero-order chi connectivity index (χ0) is 34.1. The average Bonchev–Trinajstić information content (AvgIpc) is 3.84. The first-order chi connectivity index (χ1) is 21.1. The fourth-order valence-corrected chi connectivity index (χ4v) is 5.01. The summed E-state index contributed by atoms with van der Waals surface area (Å²) < 4.78 is 0. The molecule has 3 aromatic rings. The van der Waals surface area contributed by atoms with Gasteiger partial charge >= 0.3 is 0 Å². The molecule has 0 aromatic carbocycles. The van der Waals surface area contributed by atoms with E-state index in [1.807, 2.05) is 42.0 Å². The second-order valence-electron chi connectivity index (χ2n) is 7.39. The van der Waals surface area contributed by atoms with Gasteiger partial charge in [0, 0.05) is 134 Å². The number of carbonyl (C=O) groups excluding carboxylic acids is 2. The number of aliphatic imine (C=N–C) groups is 1. The third-order valence-electron chi connectivity index (χ3n) is 4.57. The number of aryl methyl sites for hydroxylation is 1. The number of hydrogen-bond donors (Lipinski definition) is 6. The number of anilines is 1. The Morgan fingerprint density at radius 1 is 1.00 bits per heavy atom. The molecule has 0 aliphatic carbocycles. The summed E-state index contributed by atoms with van der Waals surface area (Å²) in [6.45, 7) is 6.77. The number of thiophene rings is 2. The van der Waals surface area contributed by atoms with Crippen LogP contribution >= 0.6 is 83.5 Å². The predicted octanol–water partition coefficient (Wildman–Crippen LogP) is 7.19. The largest absolute Gasteiger partial charge is 0.365 e. The molecule has 2 amide bonds. The van der Waals surface area contributed by atoms with Crippen LogP contribution in [0.15, 0.2) is 40.0 Å². The first-order valence-corrected chi connectivity index (χ1v) is 21.5. The van der Waals surface area contributed by atoms with Gasteiger partial charge in [-0.15, -0.1) is 22.7 Å². The quantitative estimate of drug-likeness (QED) is 0.0484.